The molecule has 26 heavy (non-hydrogen) atoms. The summed E-state index contributed by atoms with van der Waals surface area (Å²) in [5.74, 6) is 0.749. The van der Waals surface area contributed by atoms with Gasteiger partial charge in [0.25, 0.3) is 0 Å². The Morgan fingerprint density at radius 1 is 1.19 bits per heavy atom. The summed E-state index contributed by atoms with van der Waals surface area (Å²) < 4.78 is 5.77. The van der Waals surface area contributed by atoms with Crippen LogP contribution in [0.5, 0.6) is 0 Å². The molecule has 1 unspecified atom stereocenters. The van der Waals surface area contributed by atoms with E-state index in [9.17, 15) is 0 Å². The minimum Gasteiger partial charge on any atom is -0.494 e. The highest BCUT2D eigenvalue weighted by Crippen LogP contribution is 2.46. The van der Waals surface area contributed by atoms with E-state index in [1.165, 1.54) is 10.8 Å². The largest absolute Gasteiger partial charge is 0.494 e. The fourth-order valence-corrected chi connectivity index (χ4v) is 3.61. The predicted molar refractivity (Wildman–Crippen MR) is 111 cm³/mol. The quantitative estimate of drug-likeness (QED) is 0.460. The molecule has 1 heterocycles. The van der Waals surface area contributed by atoms with Crippen molar-refractivity contribution in [3.05, 3.63) is 91.9 Å². The second-order valence-electron chi connectivity index (χ2n) is 7.07. The summed E-state index contributed by atoms with van der Waals surface area (Å²) in [5, 5.41) is 2.45. The van der Waals surface area contributed by atoms with Crippen molar-refractivity contribution in [1.29, 1.82) is 0 Å². The van der Waals surface area contributed by atoms with Crippen LogP contribution in [-0.4, -0.2) is 18.1 Å². The molecule has 1 atom stereocenters. The smallest absolute Gasteiger partial charge is 0.106 e. The van der Waals surface area contributed by atoms with Gasteiger partial charge in [-0.1, -0.05) is 68.8 Å². The van der Waals surface area contributed by atoms with Gasteiger partial charge in [0, 0.05) is 17.9 Å². The Morgan fingerprint density at radius 3 is 2.65 bits per heavy atom. The molecule has 3 rings (SSSR count). The number of benzene rings is 2. The number of hydrogen-bond acceptors (Lipinski definition) is 2. The molecule has 0 saturated carbocycles. The second-order valence-corrected chi connectivity index (χ2v) is 7.07. The molecule has 1 saturated heterocycles. The molecule has 2 aromatic carbocycles. The third-order valence-corrected chi connectivity index (χ3v) is 5.42. The number of hydrogen-bond donors (Lipinski definition) is 0. The molecule has 2 heteroatoms. The van der Waals surface area contributed by atoms with E-state index >= 15 is 0 Å². The first-order chi connectivity index (χ1) is 12.5. The van der Waals surface area contributed by atoms with E-state index in [1.807, 2.05) is 0 Å². The Balaban J connectivity index is 1.87. The van der Waals surface area contributed by atoms with Crippen LogP contribution in [-0.2, 0) is 4.74 Å². The lowest BCUT2D eigenvalue weighted by atomic mass is 9.77. The van der Waals surface area contributed by atoms with Gasteiger partial charge in [-0.25, -0.2) is 0 Å². The molecule has 2 nitrogen and oxygen atoms in total. The van der Waals surface area contributed by atoms with Gasteiger partial charge in [-0.05, 0) is 42.2 Å². The van der Waals surface area contributed by atoms with Crippen LogP contribution in [0.2, 0.25) is 0 Å². The fourth-order valence-electron chi connectivity index (χ4n) is 3.61. The molecule has 0 spiro atoms. The minimum absolute atomic E-state index is 0.291. The summed E-state index contributed by atoms with van der Waals surface area (Å²) in [6, 6.07) is 14.9. The average molecular weight is 345 g/mol. The van der Waals surface area contributed by atoms with Crippen molar-refractivity contribution in [3.8, 4) is 0 Å². The topological polar surface area (TPSA) is 12.5 Å². The maximum Gasteiger partial charge on any atom is 0.106 e. The first kappa shape index (κ1) is 18.1. The molecule has 134 valence electrons. The van der Waals surface area contributed by atoms with Crippen LogP contribution in [0, 0.1) is 5.41 Å². The summed E-state index contributed by atoms with van der Waals surface area (Å²) in [6.07, 6.45) is 3.76. The van der Waals surface area contributed by atoms with Crippen molar-refractivity contribution >= 4 is 16.5 Å². The molecule has 0 aliphatic carbocycles. The van der Waals surface area contributed by atoms with Crippen molar-refractivity contribution in [1.82, 2.24) is 4.90 Å². The first-order valence-corrected chi connectivity index (χ1v) is 9.05. The van der Waals surface area contributed by atoms with E-state index in [1.54, 1.807) is 6.08 Å². The van der Waals surface area contributed by atoms with Crippen LogP contribution in [0.4, 0.5) is 0 Å². The molecule has 1 aliphatic heterocycles. The van der Waals surface area contributed by atoms with Crippen molar-refractivity contribution in [2.45, 2.75) is 19.8 Å². The van der Waals surface area contributed by atoms with Gasteiger partial charge < -0.3 is 9.64 Å². The predicted octanol–water partition coefficient (Wildman–Crippen LogP) is 6.14. The Hall–Kier alpha value is -2.74. The van der Waals surface area contributed by atoms with Gasteiger partial charge in [0.05, 0.1) is 5.41 Å². The number of ether oxygens (including phenoxy) is 1. The van der Waals surface area contributed by atoms with Gasteiger partial charge >= 0.3 is 0 Å². The number of piperidine rings is 1. The lowest BCUT2D eigenvalue weighted by molar-refractivity contribution is 0.135. The highest BCUT2D eigenvalue weighted by atomic mass is 16.5. The zero-order valence-electron chi connectivity index (χ0n) is 15.6. The zero-order valence-corrected chi connectivity index (χ0v) is 15.6. The van der Waals surface area contributed by atoms with Crippen molar-refractivity contribution < 1.29 is 4.74 Å². The van der Waals surface area contributed by atoms with E-state index in [4.69, 9.17) is 4.74 Å². The molecule has 0 amide bonds. The van der Waals surface area contributed by atoms with Gasteiger partial charge in [-0.15, -0.1) is 0 Å². The molecule has 0 bridgehead atoms. The number of fused-ring (bicyclic) bond motifs is 1. The molecule has 1 aliphatic rings. The van der Waals surface area contributed by atoms with Crippen LogP contribution in [0.15, 0.2) is 86.3 Å². The summed E-state index contributed by atoms with van der Waals surface area (Å²) in [7, 11) is 0. The monoisotopic (exact) mass is 345 g/mol. The third-order valence-electron chi connectivity index (χ3n) is 5.42. The van der Waals surface area contributed by atoms with Gasteiger partial charge in [-0.3, -0.25) is 0 Å². The maximum absolute atomic E-state index is 5.77. The summed E-state index contributed by atoms with van der Waals surface area (Å²) in [4.78, 5) is 2.22. The SMILES string of the molecule is C=CCOC(=C)C1(C)CCCN(C(=C)c2ccc3ccccc3c2)C1=C. The normalized spacial score (nSPS) is 20.0. The molecule has 2 aromatic rings. The molecule has 1 fully saturated rings. The summed E-state index contributed by atoms with van der Waals surface area (Å²) in [5.41, 5.74) is 2.80. The highest BCUT2D eigenvalue weighted by molar-refractivity contribution is 5.86. The average Bonchev–Trinajstić information content (AvgIpc) is 2.67. The van der Waals surface area contributed by atoms with E-state index in [-0.39, 0.29) is 5.41 Å². The number of likely N-dealkylation sites (tertiary alicyclic amines) is 1. The Morgan fingerprint density at radius 2 is 1.92 bits per heavy atom. The molecule has 0 aromatic heterocycles. The minimum atomic E-state index is -0.291. The maximum atomic E-state index is 5.77. The molecular weight excluding hydrogens is 318 g/mol. The van der Waals surface area contributed by atoms with E-state index in [2.05, 4.69) is 80.6 Å². The Kier molecular flexibility index (Phi) is 5.03. The van der Waals surface area contributed by atoms with E-state index < -0.39 is 0 Å². The fraction of sp³-hybridized carbons (Fsp3) is 0.250. The number of rotatable bonds is 6. The van der Waals surface area contributed by atoms with E-state index in [0.717, 1.165) is 42.1 Å². The molecular formula is C24H27NO. The van der Waals surface area contributed by atoms with Crippen molar-refractivity contribution in [3.63, 3.8) is 0 Å². The standard InChI is InChI=1S/C24H27NO/c1-6-16-26-20(4)24(5)14-9-15-25(19(24)3)18(2)22-13-12-21-10-7-8-11-23(21)17-22/h6-8,10-13,17H,1-4,9,14-16H2,5H3. The van der Waals surface area contributed by atoms with Crippen LogP contribution in [0.1, 0.15) is 25.3 Å². The van der Waals surface area contributed by atoms with Gasteiger partial charge in [-0.2, -0.15) is 0 Å². The Bertz CT molecular complexity index is 879. The van der Waals surface area contributed by atoms with Crippen LogP contribution < -0.4 is 0 Å². The van der Waals surface area contributed by atoms with Gasteiger partial charge in [0.1, 0.15) is 12.4 Å². The van der Waals surface area contributed by atoms with Crippen molar-refractivity contribution in [2.75, 3.05) is 13.2 Å². The summed E-state index contributed by atoms with van der Waals surface area (Å²) in [6.45, 7) is 20.2. The lowest BCUT2D eigenvalue weighted by Gasteiger charge is -2.45. The second kappa shape index (κ2) is 7.25. The number of nitrogens with zero attached hydrogens (tertiary/aromatic N) is 1. The van der Waals surface area contributed by atoms with E-state index in [0.29, 0.717) is 6.61 Å². The first-order valence-electron chi connectivity index (χ1n) is 9.05. The Labute approximate surface area is 156 Å². The van der Waals surface area contributed by atoms with Crippen LogP contribution in [0.3, 0.4) is 0 Å². The summed E-state index contributed by atoms with van der Waals surface area (Å²) >= 11 is 0. The van der Waals surface area contributed by atoms with Crippen LogP contribution in [0.25, 0.3) is 16.5 Å². The van der Waals surface area contributed by atoms with Crippen molar-refractivity contribution in [2.24, 2.45) is 5.41 Å². The molecule has 0 radical (unpaired) electrons. The lowest BCUT2D eigenvalue weighted by Crippen LogP contribution is -2.39. The van der Waals surface area contributed by atoms with Crippen LogP contribution >= 0.6 is 0 Å². The van der Waals surface area contributed by atoms with Gasteiger partial charge in [0.15, 0.2) is 0 Å². The highest BCUT2D eigenvalue weighted by Gasteiger charge is 2.39. The zero-order chi connectivity index (χ0) is 18.7. The molecule has 0 N–H and O–H groups in total. The van der Waals surface area contributed by atoms with Gasteiger partial charge in [0.2, 0.25) is 0 Å². The third kappa shape index (κ3) is 3.20.